The summed E-state index contributed by atoms with van der Waals surface area (Å²) < 4.78 is 35.9. The Morgan fingerprint density at radius 1 is 0.450 bits per heavy atom. The molecule has 0 radical (unpaired) electrons. The highest BCUT2D eigenvalue weighted by Gasteiger charge is 2.39. The number of carbonyl (C=O) groups is 4. The number of carbonyl (C=O) groups excluding carboxylic acids is 3. The average molecular weight is 1680 g/mol. The number of aromatic amines is 4. The Morgan fingerprint density at radius 2 is 0.800 bits per heavy atom. The number of nitrogens with one attached hydrogen (secondary N) is 4. The smallest absolute Gasteiger partial charge is 0.334 e. The number of aliphatic carboxylic acids is 1. The van der Waals surface area contributed by atoms with Crippen LogP contribution >= 0.6 is 36.7 Å². The molecule has 30 nitrogen and oxygen atoms in total. The minimum Gasteiger partial charge on any atom is -0.490 e. The van der Waals surface area contributed by atoms with Crippen LogP contribution < -0.4 is 24.5 Å². The summed E-state index contributed by atoms with van der Waals surface area (Å²) >= 11 is 16.9. The maximum Gasteiger partial charge on any atom is 0.334 e. The molecule has 13 aromatic rings. The zero-order chi connectivity index (χ0) is 84.1. The predicted molar refractivity (Wildman–Crippen MR) is 459 cm³/mol. The number of nitrogens with zero attached hydrogens (tertiary/aromatic N) is 14. The Balaban J connectivity index is 0.000000140. The van der Waals surface area contributed by atoms with Crippen LogP contribution in [0.15, 0.2) is 233 Å². The van der Waals surface area contributed by atoms with Crippen molar-refractivity contribution in [2.75, 3.05) is 52.6 Å². The molecule has 0 spiro atoms. The summed E-state index contributed by atoms with van der Waals surface area (Å²) in [4.78, 5) is 87.1. The largest absolute Gasteiger partial charge is 0.490 e. The van der Waals surface area contributed by atoms with Gasteiger partial charge in [0.1, 0.15) is 93.2 Å². The number of likely N-dealkylation sites (tertiary alicyclic amines) is 2. The van der Waals surface area contributed by atoms with E-state index in [-0.39, 0.29) is 23.5 Å². The van der Waals surface area contributed by atoms with E-state index in [0.717, 1.165) is 93.0 Å². The maximum atomic E-state index is 14.1. The Hall–Kier alpha value is -13.2. The van der Waals surface area contributed by atoms with Crippen molar-refractivity contribution >= 4 is 105 Å². The molecule has 120 heavy (non-hydrogen) atoms. The third kappa shape index (κ3) is 20.0. The molecule has 5 aromatic carbocycles. The molecule has 618 valence electrons. The lowest BCUT2D eigenvalue weighted by molar-refractivity contribution is -0.153. The van der Waals surface area contributed by atoms with Gasteiger partial charge in [-0.25, -0.2) is 29.5 Å². The van der Waals surface area contributed by atoms with Crippen molar-refractivity contribution in [1.29, 1.82) is 0 Å². The highest BCUT2D eigenvalue weighted by molar-refractivity contribution is 7.72. The van der Waals surface area contributed by atoms with Gasteiger partial charge < -0.3 is 57.4 Å². The Kier molecular flexibility index (Phi) is 28.4. The van der Waals surface area contributed by atoms with Gasteiger partial charge in [-0.05, 0) is 128 Å². The van der Waals surface area contributed by atoms with E-state index in [1.54, 1.807) is 112 Å². The Labute approximate surface area is 704 Å². The summed E-state index contributed by atoms with van der Waals surface area (Å²) in [5, 5.41) is 50.2. The zero-order valence-electron chi connectivity index (χ0n) is 65.7. The third-order valence-corrected chi connectivity index (χ3v) is 22.0. The van der Waals surface area contributed by atoms with E-state index in [1.165, 1.54) is 34.2 Å². The van der Waals surface area contributed by atoms with Gasteiger partial charge in [0.25, 0.3) is 5.56 Å². The summed E-state index contributed by atoms with van der Waals surface area (Å²) in [6.07, 6.45) is 28.8. The summed E-state index contributed by atoms with van der Waals surface area (Å²) in [6, 6.07) is 35.2. The number of hydrogen-bond donors (Lipinski definition) is 6. The van der Waals surface area contributed by atoms with E-state index >= 15 is 0 Å². The van der Waals surface area contributed by atoms with Crippen LogP contribution in [0.4, 0.5) is 0 Å². The molecule has 2 saturated heterocycles. The number of benzene rings is 5. The van der Waals surface area contributed by atoms with Gasteiger partial charge in [0.15, 0.2) is 34.7 Å². The highest BCUT2D eigenvalue weighted by atomic mass is 32.1. The lowest BCUT2D eigenvalue weighted by atomic mass is 9.84. The lowest BCUT2D eigenvalue weighted by Gasteiger charge is -2.40. The van der Waals surface area contributed by atoms with Crippen molar-refractivity contribution in [1.82, 2.24) is 88.8 Å². The molecule has 3 aliphatic rings. The number of aromatic nitrogens is 16. The molecule has 10 heterocycles. The van der Waals surface area contributed by atoms with Gasteiger partial charge >= 0.3 is 11.9 Å². The number of ether oxygens (including phenoxy) is 5. The molecule has 4 atom stereocenters. The second-order valence-corrected chi connectivity index (χ2v) is 29.8. The Morgan fingerprint density at radius 3 is 1.20 bits per heavy atom. The van der Waals surface area contributed by atoms with E-state index < -0.39 is 41.7 Å². The van der Waals surface area contributed by atoms with E-state index in [1.807, 2.05) is 83.8 Å². The fraction of sp³-hybridized carbons (Fsp3) is 0.287. The SMILES string of the molecule is C=CCOc1cccc(C(C(=O)N2CCC(O)(c3ccccc3)CC2)n2cnc3[nH]ncc3c2=S)c1.C=CCOc1cccc(C(C(=O)N2CCCCCC2)n2cnc3[nH]ncc3c2=S)c1.C=CCOc1cccc(C(C(=O)O)n2cnc3[nH]ncc3c2=S)c1.C=CCOc1cccc(C(C(=O)OC2CCCCC2)n2cnc3[nH]ncc3c2=O)c1. The average Bonchev–Trinajstić information content (AvgIpc) is 1.33. The molecular weight excluding hydrogens is 1590 g/mol. The van der Waals surface area contributed by atoms with Crippen molar-refractivity contribution in [3.05, 3.63) is 280 Å². The minimum absolute atomic E-state index is 0.0264. The Bertz CT molecular complexity index is 6050. The van der Waals surface area contributed by atoms with Crippen LogP contribution in [0.5, 0.6) is 23.0 Å². The van der Waals surface area contributed by atoms with E-state index in [4.69, 9.17) is 60.3 Å². The van der Waals surface area contributed by atoms with Crippen LogP contribution in [0.1, 0.15) is 123 Å². The molecule has 1 saturated carbocycles. The van der Waals surface area contributed by atoms with Crippen LogP contribution in [0, 0.1) is 13.9 Å². The number of amides is 2. The fourth-order valence-corrected chi connectivity index (χ4v) is 15.6. The molecule has 33 heteroatoms. The van der Waals surface area contributed by atoms with Crippen LogP contribution in [0.25, 0.3) is 44.1 Å². The summed E-state index contributed by atoms with van der Waals surface area (Å²) in [6.45, 7) is 18.4. The number of piperidine rings is 1. The van der Waals surface area contributed by atoms with Crippen LogP contribution in [0.2, 0.25) is 0 Å². The quantitative estimate of drug-likeness (QED) is 0.0167. The summed E-state index contributed by atoms with van der Waals surface area (Å²) in [5.74, 6) is 0.836. The molecule has 1 aliphatic carbocycles. The second kappa shape index (κ2) is 40.3. The first kappa shape index (κ1) is 84.7. The summed E-state index contributed by atoms with van der Waals surface area (Å²) in [7, 11) is 0. The number of hydrogen-bond acceptors (Lipinski definition) is 22. The van der Waals surface area contributed by atoms with Gasteiger partial charge in [-0.2, -0.15) is 20.4 Å². The number of fused-ring (bicyclic) bond motifs is 4. The van der Waals surface area contributed by atoms with E-state index in [0.29, 0.717) is 139 Å². The fourth-order valence-electron chi connectivity index (χ4n) is 14.7. The number of carboxylic acid groups (broad SMARTS) is 1. The molecule has 8 aromatic heterocycles. The number of rotatable bonds is 26. The van der Waals surface area contributed by atoms with E-state index in [9.17, 15) is 34.2 Å². The van der Waals surface area contributed by atoms with Crippen molar-refractivity contribution in [2.45, 2.75) is 107 Å². The zero-order valence-corrected chi connectivity index (χ0v) is 68.1. The van der Waals surface area contributed by atoms with Crippen molar-refractivity contribution in [2.24, 2.45) is 0 Å². The van der Waals surface area contributed by atoms with Crippen LogP contribution in [-0.4, -0.2) is 181 Å². The number of aliphatic hydroxyl groups is 1. The van der Waals surface area contributed by atoms with Crippen molar-refractivity contribution < 1.29 is 53.1 Å². The van der Waals surface area contributed by atoms with Gasteiger partial charge in [-0.3, -0.25) is 39.3 Å². The van der Waals surface area contributed by atoms with E-state index in [2.05, 4.69) is 87.0 Å². The standard InChI is InChI=1S/C27H27N5O3S.C22H25N5O2S.C22H24N4O4.C16H14N4O3S/c1-2-15-35-21-10-6-7-19(16-21)23(32-18-28-24-22(26(32)36)17-29-30-24)25(33)31-13-11-27(34,12-14-31)20-8-4-3-5-9-20;1-2-12-29-17-9-7-8-16(13-17)19(21(28)26-10-5-3-4-6-11-26)27-15-23-20-18(22(27)30)14-24-25-20;1-2-11-29-17-10-6-7-15(12-17)19(22(28)30-16-8-4-3-5-9-16)26-14-23-20-18(21(26)27)13-24-25-20;1-2-6-23-11-5-3-4-10(7-11)13(16(21)22)20-9-17-14-12(15(20)24)8-18-19-14/h2-10,16-18,23,34H,1,11-15H2,(H,29,30);2,7-9,13-15,19H,1,3-6,10-12H2,(H,24,25);2,6-7,10,12-14,16,19H,1,3-5,8-9,11H2,(H,24,25);2-5,7-9,13H,1,6H2,(H,18,19)(H,21,22). The van der Waals surface area contributed by atoms with Gasteiger partial charge in [0.2, 0.25) is 11.8 Å². The molecule has 0 bridgehead atoms. The second-order valence-electron chi connectivity index (χ2n) is 28.7. The molecular formula is C87H90N18O12S3. The molecule has 4 unspecified atom stereocenters. The number of carboxylic acids is 1. The van der Waals surface area contributed by atoms with Gasteiger partial charge in [0.05, 0.1) is 65.5 Å². The first-order valence-corrected chi connectivity index (χ1v) is 40.4. The third-order valence-electron chi connectivity index (χ3n) is 20.8. The first-order chi connectivity index (χ1) is 58.5. The highest BCUT2D eigenvalue weighted by Crippen LogP contribution is 2.37. The monoisotopic (exact) mass is 1670 g/mol. The normalized spacial score (nSPS) is 15.0. The van der Waals surface area contributed by atoms with Gasteiger partial charge in [-0.15, -0.1) is 0 Å². The summed E-state index contributed by atoms with van der Waals surface area (Å²) in [5.41, 5.74) is 4.28. The number of esters is 1. The van der Waals surface area contributed by atoms with Crippen molar-refractivity contribution in [3.8, 4) is 23.0 Å². The number of H-pyrrole nitrogens is 4. The molecule has 6 N–H and O–H groups in total. The molecule has 2 aliphatic heterocycles. The molecule has 2 amide bonds. The maximum absolute atomic E-state index is 14.1. The van der Waals surface area contributed by atoms with Gasteiger partial charge in [0, 0.05) is 26.2 Å². The molecule has 16 rings (SSSR count). The predicted octanol–water partition coefficient (Wildman–Crippen LogP) is 14.1. The topological polar surface area (TPSA) is 364 Å². The first-order valence-electron chi connectivity index (χ1n) is 39.2. The van der Waals surface area contributed by atoms with Crippen LogP contribution in [-0.2, 0) is 29.5 Å². The van der Waals surface area contributed by atoms with Crippen molar-refractivity contribution in [3.63, 3.8) is 0 Å². The van der Waals surface area contributed by atoms with Crippen LogP contribution in [0.3, 0.4) is 0 Å². The molecule has 3 fully saturated rings. The van der Waals surface area contributed by atoms with Gasteiger partial charge in [-0.1, -0.05) is 185 Å². The lowest BCUT2D eigenvalue weighted by Crippen LogP contribution is -2.47. The minimum atomic E-state index is -1.04.